The van der Waals surface area contributed by atoms with E-state index >= 15 is 0 Å². The molecule has 1 atom stereocenters. The highest BCUT2D eigenvalue weighted by atomic mass is 16.6. The molecule has 2 amide bonds. The van der Waals surface area contributed by atoms with Crippen molar-refractivity contribution in [3.05, 3.63) is 23.9 Å². The van der Waals surface area contributed by atoms with Gasteiger partial charge in [-0.2, -0.15) is 5.26 Å². The lowest BCUT2D eigenvalue weighted by molar-refractivity contribution is -0.142. The lowest BCUT2D eigenvalue weighted by Crippen LogP contribution is -2.60. The Bertz CT molecular complexity index is 687. The Morgan fingerprint density at radius 2 is 2.12 bits per heavy atom. The van der Waals surface area contributed by atoms with Crippen molar-refractivity contribution in [2.45, 2.75) is 45.4 Å². The molecule has 1 N–H and O–H groups in total. The lowest BCUT2D eigenvalue weighted by Gasteiger charge is -2.40. The minimum Gasteiger partial charge on any atom is -0.471 e. The number of hydrogen-bond acceptors (Lipinski definition) is 6. The highest BCUT2D eigenvalue weighted by molar-refractivity contribution is 5.86. The fraction of sp³-hybridized carbons (Fsp3) is 0.529. The van der Waals surface area contributed by atoms with Crippen LogP contribution in [-0.4, -0.2) is 52.7 Å². The zero-order chi connectivity index (χ0) is 18.6. The van der Waals surface area contributed by atoms with Gasteiger partial charge in [-0.25, -0.2) is 9.78 Å². The van der Waals surface area contributed by atoms with E-state index < -0.39 is 17.7 Å². The Labute approximate surface area is 146 Å². The van der Waals surface area contributed by atoms with Crippen LogP contribution in [-0.2, 0) is 9.53 Å². The van der Waals surface area contributed by atoms with Crippen LogP contribution in [0.1, 0.15) is 33.3 Å². The van der Waals surface area contributed by atoms with E-state index in [2.05, 4.69) is 10.3 Å². The Morgan fingerprint density at radius 3 is 2.72 bits per heavy atom. The number of carbonyl (C=O) groups excluding carboxylic acids is 2. The van der Waals surface area contributed by atoms with Gasteiger partial charge in [0, 0.05) is 12.3 Å². The Balaban J connectivity index is 1.78. The lowest BCUT2D eigenvalue weighted by atomic mass is 10.1. The maximum absolute atomic E-state index is 12.3. The highest BCUT2D eigenvalue weighted by Crippen LogP contribution is 2.18. The summed E-state index contributed by atoms with van der Waals surface area (Å²) < 4.78 is 10.8. The third-order valence-corrected chi connectivity index (χ3v) is 3.41. The molecule has 2 rings (SSSR count). The van der Waals surface area contributed by atoms with Crippen LogP contribution in [0.15, 0.2) is 18.3 Å². The summed E-state index contributed by atoms with van der Waals surface area (Å²) in [6, 6.07) is 4.48. The van der Waals surface area contributed by atoms with Crippen molar-refractivity contribution in [2.75, 3.05) is 13.1 Å². The van der Waals surface area contributed by atoms with Gasteiger partial charge in [0.2, 0.25) is 11.8 Å². The number of aromatic nitrogens is 1. The molecule has 0 bridgehead atoms. The predicted molar refractivity (Wildman–Crippen MR) is 88.8 cm³/mol. The van der Waals surface area contributed by atoms with Gasteiger partial charge in [0.25, 0.3) is 0 Å². The van der Waals surface area contributed by atoms with Crippen LogP contribution in [0.2, 0.25) is 0 Å². The van der Waals surface area contributed by atoms with Gasteiger partial charge in [0.05, 0.1) is 24.7 Å². The maximum Gasteiger partial charge on any atom is 0.408 e. The van der Waals surface area contributed by atoms with Crippen molar-refractivity contribution in [1.29, 1.82) is 5.26 Å². The molecule has 8 heteroatoms. The average molecular weight is 346 g/mol. The number of hydrogen-bond donors (Lipinski definition) is 1. The van der Waals surface area contributed by atoms with Crippen LogP contribution in [0.25, 0.3) is 0 Å². The first-order valence-electron chi connectivity index (χ1n) is 7.99. The maximum atomic E-state index is 12.3. The van der Waals surface area contributed by atoms with Gasteiger partial charge in [-0.3, -0.25) is 4.79 Å². The highest BCUT2D eigenvalue weighted by Gasteiger charge is 2.35. The standard InChI is InChI=1S/C17H22N4O4/c1-11(20-16(23)25-17(2,3)4)15(22)21-9-13(10-21)24-14-7-12(8-18)5-6-19-14/h5-7,11,13H,9-10H2,1-4H3,(H,20,23). The van der Waals surface area contributed by atoms with E-state index in [9.17, 15) is 9.59 Å². The summed E-state index contributed by atoms with van der Waals surface area (Å²) in [4.78, 5) is 29.6. The first kappa shape index (κ1) is 18.5. The third kappa shape index (κ3) is 5.35. The van der Waals surface area contributed by atoms with Crippen molar-refractivity contribution in [2.24, 2.45) is 0 Å². The first-order valence-corrected chi connectivity index (χ1v) is 7.99. The number of nitrogens with one attached hydrogen (secondary N) is 1. The molecule has 1 aromatic heterocycles. The molecule has 1 saturated heterocycles. The second kappa shape index (κ2) is 7.38. The SMILES string of the molecule is CC(NC(=O)OC(C)(C)C)C(=O)N1CC(Oc2cc(C#N)ccn2)C1. The smallest absolute Gasteiger partial charge is 0.408 e. The van der Waals surface area contributed by atoms with Gasteiger partial charge in [-0.05, 0) is 33.8 Å². The number of pyridine rings is 1. The van der Waals surface area contributed by atoms with E-state index in [1.165, 1.54) is 6.20 Å². The predicted octanol–water partition coefficient (Wildman–Crippen LogP) is 1.46. The monoisotopic (exact) mass is 346 g/mol. The summed E-state index contributed by atoms with van der Waals surface area (Å²) in [5, 5.41) is 11.4. The average Bonchev–Trinajstić information content (AvgIpc) is 2.48. The molecule has 0 spiro atoms. The zero-order valence-electron chi connectivity index (χ0n) is 14.8. The molecule has 0 saturated carbocycles. The molecule has 1 aliphatic heterocycles. The van der Waals surface area contributed by atoms with Gasteiger partial charge in [-0.15, -0.1) is 0 Å². The van der Waals surface area contributed by atoms with Crippen LogP contribution in [0, 0.1) is 11.3 Å². The molecule has 1 fully saturated rings. The van der Waals surface area contributed by atoms with Crippen LogP contribution >= 0.6 is 0 Å². The molecular weight excluding hydrogens is 324 g/mol. The minimum atomic E-state index is -0.684. The van der Waals surface area contributed by atoms with Gasteiger partial charge < -0.3 is 19.7 Å². The molecule has 1 aliphatic rings. The number of likely N-dealkylation sites (tertiary alicyclic amines) is 1. The number of nitriles is 1. The molecule has 0 aromatic carbocycles. The summed E-state index contributed by atoms with van der Waals surface area (Å²) >= 11 is 0. The molecule has 0 aliphatic carbocycles. The largest absolute Gasteiger partial charge is 0.471 e. The second-order valence-corrected chi connectivity index (χ2v) is 6.85. The van der Waals surface area contributed by atoms with Gasteiger partial charge in [0.15, 0.2) is 0 Å². The third-order valence-electron chi connectivity index (χ3n) is 3.41. The molecule has 8 nitrogen and oxygen atoms in total. The molecule has 134 valence electrons. The molecule has 0 radical (unpaired) electrons. The van der Waals surface area contributed by atoms with Crippen molar-refractivity contribution >= 4 is 12.0 Å². The van der Waals surface area contributed by atoms with Gasteiger partial charge >= 0.3 is 6.09 Å². The molecule has 2 heterocycles. The van der Waals surface area contributed by atoms with Crippen LogP contribution in [0.5, 0.6) is 5.88 Å². The van der Waals surface area contributed by atoms with E-state index in [0.717, 1.165) is 0 Å². The van der Waals surface area contributed by atoms with Crippen LogP contribution in [0.4, 0.5) is 4.79 Å². The fourth-order valence-electron chi connectivity index (χ4n) is 2.23. The number of amides is 2. The number of rotatable bonds is 4. The van der Waals surface area contributed by atoms with Gasteiger partial charge in [0.1, 0.15) is 17.7 Å². The molecule has 1 unspecified atom stereocenters. The van der Waals surface area contributed by atoms with Crippen LogP contribution < -0.4 is 10.1 Å². The minimum absolute atomic E-state index is 0.181. The summed E-state index contributed by atoms with van der Waals surface area (Å²) in [6.45, 7) is 7.68. The zero-order valence-corrected chi connectivity index (χ0v) is 14.8. The van der Waals surface area contributed by atoms with Crippen LogP contribution in [0.3, 0.4) is 0 Å². The van der Waals surface area contributed by atoms with Crippen molar-refractivity contribution in [3.8, 4) is 11.9 Å². The van der Waals surface area contributed by atoms with E-state index in [1.807, 2.05) is 6.07 Å². The van der Waals surface area contributed by atoms with Gasteiger partial charge in [-0.1, -0.05) is 0 Å². The summed E-state index contributed by atoms with van der Waals surface area (Å²) in [6.07, 6.45) is 0.695. The number of alkyl carbamates (subject to hydrolysis) is 1. The molecule has 1 aromatic rings. The van der Waals surface area contributed by atoms with E-state index in [0.29, 0.717) is 24.5 Å². The normalized spacial score (nSPS) is 15.6. The topological polar surface area (TPSA) is 105 Å². The Morgan fingerprint density at radius 1 is 1.44 bits per heavy atom. The molecular formula is C17H22N4O4. The van der Waals surface area contributed by atoms with Crippen molar-refractivity contribution in [3.63, 3.8) is 0 Å². The second-order valence-electron chi connectivity index (χ2n) is 6.85. The summed E-state index contributed by atoms with van der Waals surface area (Å²) in [7, 11) is 0. The van der Waals surface area contributed by atoms with Crippen molar-refractivity contribution < 1.29 is 19.1 Å². The van der Waals surface area contributed by atoms with E-state index in [1.54, 1.807) is 44.7 Å². The number of carbonyl (C=O) groups is 2. The Hall–Kier alpha value is -2.82. The fourth-order valence-corrected chi connectivity index (χ4v) is 2.23. The Kier molecular flexibility index (Phi) is 5.47. The number of nitrogens with zero attached hydrogens (tertiary/aromatic N) is 3. The van der Waals surface area contributed by atoms with Crippen molar-refractivity contribution in [1.82, 2.24) is 15.2 Å². The first-order chi connectivity index (χ1) is 11.7. The number of ether oxygens (including phenoxy) is 2. The van der Waals surface area contributed by atoms with E-state index in [4.69, 9.17) is 14.7 Å². The molecule has 25 heavy (non-hydrogen) atoms. The van der Waals surface area contributed by atoms with E-state index in [-0.39, 0.29) is 12.0 Å². The summed E-state index contributed by atoms with van der Waals surface area (Å²) in [5.41, 5.74) is -0.152. The quantitative estimate of drug-likeness (QED) is 0.885. The summed E-state index contributed by atoms with van der Waals surface area (Å²) in [5.74, 6) is 0.153.